The van der Waals surface area contributed by atoms with Crippen molar-refractivity contribution in [1.29, 1.82) is 0 Å². The summed E-state index contributed by atoms with van der Waals surface area (Å²) in [6, 6.07) is 10.2. The van der Waals surface area contributed by atoms with Crippen LogP contribution in [0.1, 0.15) is 218 Å². The number of unbranched alkanes of at least 4 members (excludes halogenated alkanes) is 3. The van der Waals surface area contributed by atoms with Crippen LogP contribution in [0.25, 0.3) is 0 Å². The first kappa shape index (κ1) is 154. The van der Waals surface area contributed by atoms with Crippen molar-refractivity contribution in [2.45, 2.75) is 261 Å². The largest absolute Gasteiger partial charge is 0.385 e. The van der Waals surface area contributed by atoms with Gasteiger partial charge in [-0.3, -0.25) is 0 Å². The Morgan fingerprint density at radius 1 is 0.341 bits per heavy atom. The Balaban J connectivity index is -0.000000185. The van der Waals surface area contributed by atoms with Crippen LogP contribution in [0.2, 0.25) is 0 Å². The zero-order chi connectivity index (χ0) is 105. The molecule has 0 radical (unpaired) electrons. The maximum absolute atomic E-state index is 5.51. The average Bonchev–Trinajstić information content (AvgIpc) is 1.76. The highest BCUT2D eigenvalue weighted by molar-refractivity contribution is 5.13. The van der Waals surface area contributed by atoms with Crippen molar-refractivity contribution in [2.75, 3.05) is 380 Å². The number of hydrogen-bond acceptors (Lipinski definition) is 32. The van der Waals surface area contributed by atoms with Gasteiger partial charge in [-0.15, -0.1) is 0 Å². The predicted molar refractivity (Wildman–Crippen MR) is 557 cm³/mol. The number of benzene rings is 1. The molecule has 5 heterocycles. The van der Waals surface area contributed by atoms with Crippen LogP contribution in [-0.4, -0.2) is 422 Å². The van der Waals surface area contributed by atoms with Crippen LogP contribution >= 0.6 is 0 Å². The third-order valence-electron chi connectivity index (χ3n) is 20.1. The van der Waals surface area contributed by atoms with Gasteiger partial charge in [-0.1, -0.05) is 44.2 Å². The molecule has 0 spiro atoms. The lowest BCUT2D eigenvalue weighted by molar-refractivity contribution is -0.0378. The van der Waals surface area contributed by atoms with E-state index in [1.54, 1.807) is 135 Å². The van der Waals surface area contributed by atoms with Crippen molar-refractivity contribution in [1.82, 2.24) is 0 Å². The second-order valence-corrected chi connectivity index (χ2v) is 33.7. The standard InChI is InChI=1S/C12H18O2.C8H18O3.C7H16O3.3C7H14O2.4C7H16O2.2C6H12O2.3C6H14O2/c1-13-9-5-6-10-14-11-12-7-3-2-4-8-12;1-3-10-7-8-11-6-4-5-9-2;1-8-4-3-5-10-7-6-9-2;1-6-3-7(4-8-2)5-9-6;1-7(5-8-2)3-4-9-6-7;1-7(6-8-2)4-3-5-9-7;1-4-9-6-7(2)5-8-3;1-4-9-6-5-7(2)8-3;1-4-9-7(2)5-6-8-3;1-3-9-7-5-4-6-8-2;1-7-4-6-2-3-8-5-6;1-7-5-6-3-2-4-8-6;2*1-6(8-3)4-5-7-2;1-7-5-3-4-6-8-2/h2-4,7-8H,5-6,9-11H2,1H3;3-8H2,1-2H3;3-7H2,1-2H3;6-7H,3-5H2,1-2H3;2*3-6H2,1-2H3;3*7H,4-6H2,1-3H3;3-7H2,1-2H3;2*6H,2-5H2,1H3;2*6H,4-5H2,1-3H3;3-6H2,1-2H3. The van der Waals surface area contributed by atoms with Crippen LogP contribution < -0.4 is 0 Å². The van der Waals surface area contributed by atoms with E-state index in [0.29, 0.717) is 92.8 Å². The van der Waals surface area contributed by atoms with E-state index >= 15 is 0 Å². The SMILES string of the molecule is CCOC(C)CCOC.CCOCC(C)COC.CCOCCC(C)OC.CCOCCCCOC.CCOCCOCCCOC.COCC1(C)CCCO1.COCC1(C)CCOC1.COCC1CCCO1.COCC1CCOC1.COCC1COC(C)C1.COCCC(C)OC.COCCC(C)OC.COCCCCOC.COCCCCOCc1ccccc1.COCCCOCCOC. The summed E-state index contributed by atoms with van der Waals surface area (Å²) in [5.41, 5.74) is 1.56. The summed E-state index contributed by atoms with van der Waals surface area (Å²) < 4.78 is 161. The molecule has 11 atom stereocenters. The second kappa shape index (κ2) is 135. The minimum Gasteiger partial charge on any atom is -0.385 e. The van der Waals surface area contributed by atoms with Crippen LogP contribution in [0.3, 0.4) is 0 Å². The zero-order valence-electron chi connectivity index (χ0n) is 95.0. The highest BCUT2D eigenvalue weighted by Gasteiger charge is 2.30. The molecule has 0 amide bonds. The second-order valence-electron chi connectivity index (χ2n) is 33.7. The molecule has 5 aliphatic rings. The van der Waals surface area contributed by atoms with Crippen LogP contribution in [0.4, 0.5) is 0 Å². The molecule has 5 aliphatic heterocycles. The van der Waals surface area contributed by atoms with Gasteiger partial charge in [-0.05, 0) is 204 Å². The fourth-order valence-electron chi connectivity index (χ4n) is 11.7. The topological polar surface area (TPSA) is 295 Å². The monoisotopic (exact) mass is 2010 g/mol. The molecular formula is C106H224O32. The van der Waals surface area contributed by atoms with Crippen molar-refractivity contribution >= 4 is 0 Å². The molecule has 1 aromatic carbocycles. The van der Waals surface area contributed by atoms with Crippen LogP contribution in [-0.2, 0) is 158 Å². The van der Waals surface area contributed by atoms with E-state index in [2.05, 4.69) is 46.8 Å². The van der Waals surface area contributed by atoms with E-state index in [1.807, 2.05) is 73.6 Å². The third-order valence-corrected chi connectivity index (χ3v) is 20.1. The van der Waals surface area contributed by atoms with Crippen molar-refractivity contribution in [3.8, 4) is 0 Å². The van der Waals surface area contributed by atoms with Gasteiger partial charge in [-0.2, -0.15) is 0 Å². The maximum Gasteiger partial charge on any atom is 0.0887 e. The van der Waals surface area contributed by atoms with Crippen molar-refractivity contribution in [2.24, 2.45) is 23.2 Å². The molecule has 0 saturated carbocycles. The molecule has 138 heavy (non-hydrogen) atoms. The van der Waals surface area contributed by atoms with Gasteiger partial charge in [0.1, 0.15) is 0 Å². The van der Waals surface area contributed by atoms with Gasteiger partial charge in [0.15, 0.2) is 0 Å². The lowest BCUT2D eigenvalue weighted by atomic mass is 9.91. The Morgan fingerprint density at radius 3 is 1.17 bits per heavy atom. The molecule has 1 aromatic rings. The summed E-state index contributed by atoms with van der Waals surface area (Å²) in [6.45, 7) is 57.4. The van der Waals surface area contributed by atoms with Gasteiger partial charge in [-0.25, -0.2) is 0 Å². The third kappa shape index (κ3) is 138. The Bertz CT molecular complexity index is 2060. The minimum atomic E-state index is 0.0226. The summed E-state index contributed by atoms with van der Waals surface area (Å²) in [5, 5.41) is 0. The normalized spacial score (nSPS) is 18.4. The number of rotatable bonds is 66. The van der Waals surface area contributed by atoms with E-state index in [-0.39, 0.29) is 5.60 Å². The Hall–Kier alpha value is -2.06. The lowest BCUT2D eigenvalue weighted by Crippen LogP contribution is -2.28. The molecule has 0 bridgehead atoms. The van der Waals surface area contributed by atoms with E-state index in [9.17, 15) is 0 Å². The summed E-state index contributed by atoms with van der Waals surface area (Å²) in [6.07, 6.45) is 22.8. The van der Waals surface area contributed by atoms with Crippen molar-refractivity contribution in [3.05, 3.63) is 35.9 Å². The summed E-state index contributed by atoms with van der Waals surface area (Å²) in [4.78, 5) is 0. The molecule has 11 unspecified atom stereocenters. The van der Waals surface area contributed by atoms with Gasteiger partial charge in [0.2, 0.25) is 0 Å². The summed E-state index contributed by atoms with van der Waals surface area (Å²) in [7, 11) is 32.5. The van der Waals surface area contributed by atoms with E-state index in [4.69, 9.17) is 152 Å². The highest BCUT2D eigenvalue weighted by atomic mass is 16.6. The summed E-state index contributed by atoms with van der Waals surface area (Å²) >= 11 is 0. The lowest BCUT2D eigenvalue weighted by Gasteiger charge is -2.21. The van der Waals surface area contributed by atoms with Gasteiger partial charge < -0.3 is 152 Å². The number of methoxy groups -OCH3 is 19. The van der Waals surface area contributed by atoms with Gasteiger partial charge in [0.05, 0.1) is 141 Å². The van der Waals surface area contributed by atoms with E-state index in [0.717, 1.165) is 314 Å². The van der Waals surface area contributed by atoms with Crippen LogP contribution in [0.15, 0.2) is 30.3 Å². The molecule has 0 aliphatic carbocycles. The molecule has 5 fully saturated rings. The Kier molecular flexibility index (Phi) is 150. The summed E-state index contributed by atoms with van der Waals surface area (Å²) in [5.74, 6) is 1.83. The first-order valence-corrected chi connectivity index (χ1v) is 51.0. The fourth-order valence-corrected chi connectivity index (χ4v) is 11.7. The van der Waals surface area contributed by atoms with Crippen LogP contribution in [0.5, 0.6) is 0 Å². The van der Waals surface area contributed by atoms with Crippen LogP contribution in [0, 0.1) is 23.2 Å². The van der Waals surface area contributed by atoms with Gasteiger partial charge in [0, 0.05) is 310 Å². The molecule has 5 saturated heterocycles. The smallest absolute Gasteiger partial charge is 0.0887 e. The Morgan fingerprint density at radius 2 is 0.775 bits per heavy atom. The highest BCUT2D eigenvalue weighted by Crippen LogP contribution is 2.28. The van der Waals surface area contributed by atoms with Crippen molar-refractivity contribution in [3.63, 3.8) is 0 Å². The first-order valence-electron chi connectivity index (χ1n) is 51.0. The first-order chi connectivity index (χ1) is 66.9. The molecular weight excluding hydrogens is 1790 g/mol. The zero-order valence-corrected chi connectivity index (χ0v) is 95.0. The van der Waals surface area contributed by atoms with Gasteiger partial charge in [0.25, 0.3) is 0 Å². The molecule has 0 aromatic heterocycles. The predicted octanol–water partition coefficient (Wildman–Crippen LogP) is 18.0. The average molecular weight is 2010 g/mol. The molecule has 840 valence electrons. The van der Waals surface area contributed by atoms with E-state index < -0.39 is 0 Å². The Labute approximate surface area is 847 Å². The quantitative estimate of drug-likeness (QED) is 0.0547. The molecule has 6 rings (SSSR count). The molecule has 0 N–H and O–H groups in total. The number of hydrogen-bond donors (Lipinski definition) is 0. The molecule has 32 nitrogen and oxygen atoms in total. The fraction of sp³-hybridized carbons (Fsp3) is 0.943. The number of ether oxygens (including phenoxy) is 32. The van der Waals surface area contributed by atoms with E-state index in [1.165, 1.54) is 31.2 Å². The maximum atomic E-state index is 5.51. The minimum absolute atomic E-state index is 0.0226. The van der Waals surface area contributed by atoms with Crippen molar-refractivity contribution < 1.29 is 152 Å². The molecule has 32 heteroatoms. The van der Waals surface area contributed by atoms with Gasteiger partial charge >= 0.3 is 0 Å².